The molecule has 0 N–H and O–H groups in total. The minimum atomic E-state index is -0.527. The zero-order valence-electron chi connectivity index (χ0n) is 13.4. The Bertz CT molecular complexity index is 646. The Balaban J connectivity index is 2.01. The van der Waals surface area contributed by atoms with Gasteiger partial charge in [0, 0.05) is 32.3 Å². The van der Waals surface area contributed by atoms with Crippen molar-refractivity contribution in [1.82, 2.24) is 0 Å². The summed E-state index contributed by atoms with van der Waals surface area (Å²) in [7, 11) is 4.00. The summed E-state index contributed by atoms with van der Waals surface area (Å²) >= 11 is 0. The van der Waals surface area contributed by atoms with Gasteiger partial charge in [-0.3, -0.25) is 0 Å². The van der Waals surface area contributed by atoms with Crippen LogP contribution in [0.5, 0.6) is 5.75 Å². The Hall–Kier alpha value is -2.47. The smallest absolute Gasteiger partial charge is 0.121 e. The van der Waals surface area contributed by atoms with Crippen LogP contribution < -0.4 is 9.64 Å². The van der Waals surface area contributed by atoms with Gasteiger partial charge in [0.2, 0.25) is 0 Å². The van der Waals surface area contributed by atoms with E-state index in [-0.39, 0.29) is 0 Å². The van der Waals surface area contributed by atoms with Crippen LogP contribution in [0.2, 0.25) is 0 Å². The second kappa shape index (κ2) is 7.00. The first kappa shape index (κ1) is 15.9. The van der Waals surface area contributed by atoms with Crippen molar-refractivity contribution in [2.75, 3.05) is 25.6 Å². The van der Waals surface area contributed by atoms with E-state index in [2.05, 4.69) is 6.07 Å². The third kappa shape index (κ3) is 3.79. The summed E-state index contributed by atoms with van der Waals surface area (Å²) in [5.41, 5.74) is 1.60. The summed E-state index contributed by atoms with van der Waals surface area (Å²) < 4.78 is 5.84. The normalized spacial score (nSPS) is 13.0. The molecule has 0 saturated carbocycles. The first-order valence-electron chi connectivity index (χ1n) is 7.42. The highest BCUT2D eigenvalue weighted by atomic mass is 16.5. The number of hydrogen-bond acceptors (Lipinski definition) is 3. The van der Waals surface area contributed by atoms with Crippen LogP contribution in [0, 0.1) is 11.3 Å². The van der Waals surface area contributed by atoms with Gasteiger partial charge in [0.25, 0.3) is 0 Å². The molecule has 3 nitrogen and oxygen atoms in total. The van der Waals surface area contributed by atoms with Crippen LogP contribution in [0.1, 0.15) is 18.9 Å². The number of nitrogens with zero attached hydrogens (tertiary/aromatic N) is 2. The fourth-order valence-electron chi connectivity index (χ4n) is 2.30. The van der Waals surface area contributed by atoms with E-state index in [4.69, 9.17) is 4.74 Å². The molecular weight excluding hydrogens is 272 g/mol. The van der Waals surface area contributed by atoms with Crippen molar-refractivity contribution < 1.29 is 4.74 Å². The third-order valence-electron chi connectivity index (χ3n) is 3.86. The van der Waals surface area contributed by atoms with Crippen molar-refractivity contribution in [3.05, 3.63) is 60.2 Å². The first-order chi connectivity index (χ1) is 10.5. The standard InChI is InChI=1S/C19H22N2O/c1-19(15-20,16-8-5-4-6-9-16)12-13-22-18-11-7-10-17(14-18)21(2)3/h4-11,14H,12-13H2,1-3H3. The topological polar surface area (TPSA) is 36.3 Å². The molecule has 0 aromatic heterocycles. The lowest BCUT2D eigenvalue weighted by molar-refractivity contribution is 0.285. The maximum absolute atomic E-state index is 9.54. The summed E-state index contributed by atoms with van der Waals surface area (Å²) in [6.07, 6.45) is 0.652. The molecule has 0 fully saturated rings. The predicted octanol–water partition coefficient (Wildman–Crippen LogP) is 4.00. The second-order valence-electron chi connectivity index (χ2n) is 5.80. The summed E-state index contributed by atoms with van der Waals surface area (Å²) in [4.78, 5) is 2.04. The number of nitriles is 1. The Kier molecular flexibility index (Phi) is 5.06. The molecule has 1 unspecified atom stereocenters. The maximum Gasteiger partial charge on any atom is 0.121 e. The van der Waals surface area contributed by atoms with E-state index in [1.54, 1.807) is 0 Å². The molecular formula is C19H22N2O. The Morgan fingerprint density at radius 1 is 1.09 bits per heavy atom. The molecule has 2 aromatic rings. The average molecular weight is 294 g/mol. The lowest BCUT2D eigenvalue weighted by Crippen LogP contribution is -2.22. The lowest BCUT2D eigenvalue weighted by Gasteiger charge is -2.22. The van der Waals surface area contributed by atoms with Gasteiger partial charge < -0.3 is 9.64 Å². The van der Waals surface area contributed by atoms with Crippen LogP contribution in [-0.4, -0.2) is 20.7 Å². The summed E-state index contributed by atoms with van der Waals surface area (Å²) in [6, 6.07) is 20.3. The molecule has 0 amide bonds. The van der Waals surface area contributed by atoms with Crippen molar-refractivity contribution >= 4 is 5.69 Å². The SMILES string of the molecule is CN(C)c1cccc(OCCC(C)(C#N)c2ccccc2)c1. The van der Waals surface area contributed by atoms with Gasteiger partial charge in [0.05, 0.1) is 18.1 Å². The molecule has 0 spiro atoms. The van der Waals surface area contributed by atoms with Gasteiger partial charge in [0.15, 0.2) is 0 Å². The Morgan fingerprint density at radius 3 is 2.45 bits per heavy atom. The fraction of sp³-hybridized carbons (Fsp3) is 0.316. The molecule has 0 saturated heterocycles. The fourth-order valence-corrected chi connectivity index (χ4v) is 2.30. The number of rotatable bonds is 6. The minimum Gasteiger partial charge on any atom is -0.493 e. The van der Waals surface area contributed by atoms with Gasteiger partial charge in [-0.15, -0.1) is 0 Å². The van der Waals surface area contributed by atoms with Crippen molar-refractivity contribution in [2.24, 2.45) is 0 Å². The summed E-state index contributed by atoms with van der Waals surface area (Å²) in [5.74, 6) is 0.833. The van der Waals surface area contributed by atoms with Gasteiger partial charge in [0.1, 0.15) is 5.75 Å². The van der Waals surface area contributed by atoms with Crippen molar-refractivity contribution in [2.45, 2.75) is 18.8 Å². The molecule has 0 aliphatic rings. The van der Waals surface area contributed by atoms with Crippen molar-refractivity contribution in [3.8, 4) is 11.8 Å². The van der Waals surface area contributed by atoms with Gasteiger partial charge in [-0.25, -0.2) is 0 Å². The molecule has 114 valence electrons. The quantitative estimate of drug-likeness (QED) is 0.808. The molecule has 0 aliphatic heterocycles. The number of ether oxygens (including phenoxy) is 1. The van der Waals surface area contributed by atoms with E-state index in [0.717, 1.165) is 17.0 Å². The highest BCUT2D eigenvalue weighted by Crippen LogP contribution is 2.27. The largest absolute Gasteiger partial charge is 0.493 e. The third-order valence-corrected chi connectivity index (χ3v) is 3.86. The molecule has 2 aromatic carbocycles. The molecule has 3 heteroatoms. The molecule has 22 heavy (non-hydrogen) atoms. The number of hydrogen-bond donors (Lipinski definition) is 0. The number of benzene rings is 2. The second-order valence-corrected chi connectivity index (χ2v) is 5.80. The molecule has 0 bridgehead atoms. The lowest BCUT2D eigenvalue weighted by atomic mass is 9.81. The van der Waals surface area contributed by atoms with Gasteiger partial charge >= 0.3 is 0 Å². The number of anilines is 1. The van der Waals surface area contributed by atoms with Crippen LogP contribution in [-0.2, 0) is 5.41 Å². The van der Waals surface area contributed by atoms with Gasteiger partial charge in [-0.2, -0.15) is 5.26 Å². The van der Waals surface area contributed by atoms with Gasteiger partial charge in [-0.1, -0.05) is 36.4 Å². The molecule has 0 aliphatic carbocycles. The molecule has 0 heterocycles. The van der Waals surface area contributed by atoms with E-state index in [1.807, 2.05) is 80.5 Å². The highest BCUT2D eigenvalue weighted by molar-refractivity contribution is 5.49. The van der Waals surface area contributed by atoms with E-state index >= 15 is 0 Å². The van der Waals surface area contributed by atoms with Crippen LogP contribution in [0.4, 0.5) is 5.69 Å². The Labute approximate surface area is 132 Å². The average Bonchev–Trinajstić information content (AvgIpc) is 2.55. The van der Waals surface area contributed by atoms with E-state index in [9.17, 15) is 5.26 Å². The minimum absolute atomic E-state index is 0.510. The molecule has 0 radical (unpaired) electrons. The van der Waals surface area contributed by atoms with Gasteiger partial charge in [-0.05, 0) is 24.6 Å². The van der Waals surface area contributed by atoms with Crippen molar-refractivity contribution in [1.29, 1.82) is 5.26 Å². The van der Waals surface area contributed by atoms with Crippen LogP contribution in [0.3, 0.4) is 0 Å². The molecule has 1 atom stereocenters. The first-order valence-corrected chi connectivity index (χ1v) is 7.42. The van der Waals surface area contributed by atoms with E-state index in [1.165, 1.54) is 0 Å². The molecule has 2 rings (SSSR count). The zero-order valence-corrected chi connectivity index (χ0v) is 13.4. The van der Waals surface area contributed by atoms with E-state index in [0.29, 0.717) is 13.0 Å². The highest BCUT2D eigenvalue weighted by Gasteiger charge is 2.26. The van der Waals surface area contributed by atoms with Crippen molar-refractivity contribution in [3.63, 3.8) is 0 Å². The van der Waals surface area contributed by atoms with Crippen LogP contribution in [0.25, 0.3) is 0 Å². The maximum atomic E-state index is 9.54. The monoisotopic (exact) mass is 294 g/mol. The predicted molar refractivity (Wildman–Crippen MR) is 90.3 cm³/mol. The zero-order chi connectivity index (χ0) is 16.0. The summed E-state index contributed by atoms with van der Waals surface area (Å²) in [5, 5.41) is 9.54. The van der Waals surface area contributed by atoms with E-state index < -0.39 is 5.41 Å². The Morgan fingerprint density at radius 2 is 1.82 bits per heavy atom. The van der Waals surface area contributed by atoms with Crippen LogP contribution >= 0.6 is 0 Å². The van der Waals surface area contributed by atoms with Crippen LogP contribution in [0.15, 0.2) is 54.6 Å². The summed E-state index contributed by atoms with van der Waals surface area (Å²) in [6.45, 7) is 2.47.